The first-order valence-corrected chi connectivity index (χ1v) is 5.19. The number of rotatable bonds is 6. The van der Waals surface area contributed by atoms with Gasteiger partial charge in [-0.3, -0.25) is 4.79 Å². The van der Waals surface area contributed by atoms with Gasteiger partial charge in [0.05, 0.1) is 0 Å². The van der Waals surface area contributed by atoms with Gasteiger partial charge in [0.2, 0.25) is 0 Å². The number of unbranched alkanes of at least 4 members (excludes halogenated alkanes) is 4. The summed E-state index contributed by atoms with van der Waals surface area (Å²) in [5.74, 6) is -3.55. The molecule has 0 aliphatic heterocycles. The molecule has 0 unspecified atom stereocenters. The summed E-state index contributed by atoms with van der Waals surface area (Å²) >= 11 is 0. The molecule has 0 aliphatic rings. The Morgan fingerprint density at radius 1 is 1.06 bits per heavy atom. The largest absolute Gasteiger partial charge is 0.491 e. The molecular formula is C10H15F3NiO3. The molecule has 0 aliphatic carbocycles. The van der Waals surface area contributed by atoms with Crippen molar-refractivity contribution in [2.24, 2.45) is 0 Å². The van der Waals surface area contributed by atoms with Crippen LogP contribution >= 0.6 is 0 Å². The SMILES string of the molecule is CCCCCCCC(=O)OC(=O)C(F)(F)F.[Ni]. The van der Waals surface area contributed by atoms with Crippen LogP contribution in [0.3, 0.4) is 0 Å². The smallest absolute Gasteiger partial charge is 0.386 e. The Balaban J connectivity index is 0. The van der Waals surface area contributed by atoms with Gasteiger partial charge in [-0.05, 0) is 6.42 Å². The van der Waals surface area contributed by atoms with Gasteiger partial charge in [-0.25, -0.2) is 4.79 Å². The van der Waals surface area contributed by atoms with Crippen LogP contribution in [0.2, 0.25) is 0 Å². The minimum atomic E-state index is -5.10. The normalized spacial score (nSPS) is 10.6. The van der Waals surface area contributed by atoms with Gasteiger partial charge in [-0.15, -0.1) is 0 Å². The molecule has 0 aromatic rings. The van der Waals surface area contributed by atoms with Gasteiger partial charge in [-0.2, -0.15) is 13.2 Å². The summed E-state index contributed by atoms with van der Waals surface area (Å²) in [4.78, 5) is 21.0. The van der Waals surface area contributed by atoms with E-state index >= 15 is 0 Å². The van der Waals surface area contributed by atoms with E-state index in [1.54, 1.807) is 0 Å². The summed E-state index contributed by atoms with van der Waals surface area (Å²) in [7, 11) is 0. The molecule has 104 valence electrons. The number of hydrogen-bond acceptors (Lipinski definition) is 3. The Morgan fingerprint density at radius 2 is 1.59 bits per heavy atom. The van der Waals surface area contributed by atoms with Crippen molar-refractivity contribution in [1.82, 2.24) is 0 Å². The number of hydrogen-bond donors (Lipinski definition) is 0. The number of carbonyl (C=O) groups is 2. The second kappa shape index (κ2) is 9.45. The molecule has 0 amide bonds. The molecule has 0 saturated carbocycles. The Bertz CT molecular complexity index is 241. The number of esters is 2. The molecular weight excluding hydrogens is 284 g/mol. The molecule has 0 radical (unpaired) electrons. The van der Waals surface area contributed by atoms with Crippen LogP contribution in [0, 0.1) is 0 Å². The average Bonchev–Trinajstić information content (AvgIpc) is 2.16. The molecule has 0 rings (SSSR count). The van der Waals surface area contributed by atoms with E-state index < -0.39 is 18.1 Å². The average molecular weight is 299 g/mol. The fraction of sp³-hybridized carbons (Fsp3) is 0.800. The van der Waals surface area contributed by atoms with E-state index in [9.17, 15) is 22.8 Å². The maximum absolute atomic E-state index is 11.7. The quantitative estimate of drug-likeness (QED) is 0.328. The summed E-state index contributed by atoms with van der Waals surface area (Å²) in [5, 5.41) is 0. The Morgan fingerprint density at radius 3 is 2.06 bits per heavy atom. The first-order valence-electron chi connectivity index (χ1n) is 5.19. The maximum Gasteiger partial charge on any atom is 0.491 e. The van der Waals surface area contributed by atoms with Crippen LogP contribution in [-0.4, -0.2) is 18.1 Å². The van der Waals surface area contributed by atoms with Gasteiger partial charge in [0.15, 0.2) is 0 Å². The third-order valence-corrected chi connectivity index (χ3v) is 1.92. The van der Waals surface area contributed by atoms with Crippen LogP contribution in [0.4, 0.5) is 13.2 Å². The van der Waals surface area contributed by atoms with Gasteiger partial charge in [0.25, 0.3) is 0 Å². The van der Waals surface area contributed by atoms with Crippen LogP contribution < -0.4 is 0 Å². The first kappa shape index (κ1) is 18.8. The van der Waals surface area contributed by atoms with E-state index in [2.05, 4.69) is 4.74 Å². The summed E-state index contributed by atoms with van der Waals surface area (Å²) in [6.07, 6.45) is -1.05. The monoisotopic (exact) mass is 298 g/mol. The van der Waals surface area contributed by atoms with Crippen molar-refractivity contribution in [2.45, 2.75) is 51.6 Å². The third-order valence-electron chi connectivity index (χ3n) is 1.92. The molecule has 0 atom stereocenters. The van der Waals surface area contributed by atoms with E-state index in [1.807, 2.05) is 6.92 Å². The molecule has 0 N–H and O–H groups in total. The van der Waals surface area contributed by atoms with Crippen LogP contribution in [0.5, 0.6) is 0 Å². The number of alkyl halides is 3. The Kier molecular flexibility index (Phi) is 10.4. The second-order valence-electron chi connectivity index (χ2n) is 3.42. The van der Waals surface area contributed by atoms with Crippen molar-refractivity contribution in [3.63, 3.8) is 0 Å². The van der Waals surface area contributed by atoms with Crippen LogP contribution in [0.25, 0.3) is 0 Å². The number of halogens is 3. The molecule has 0 spiro atoms. The number of carbonyl (C=O) groups excluding carboxylic acids is 2. The summed E-state index contributed by atoms with van der Waals surface area (Å²) in [6, 6.07) is 0. The summed E-state index contributed by atoms with van der Waals surface area (Å²) < 4.78 is 38.6. The van der Waals surface area contributed by atoms with Gasteiger partial charge < -0.3 is 4.74 Å². The van der Waals surface area contributed by atoms with Gasteiger partial charge in [0.1, 0.15) is 0 Å². The Labute approximate surface area is 108 Å². The topological polar surface area (TPSA) is 43.4 Å². The van der Waals surface area contributed by atoms with E-state index in [0.717, 1.165) is 25.7 Å². The standard InChI is InChI=1S/C10H15F3O3.Ni/c1-2-3-4-5-6-7-8(14)16-9(15)10(11,12)13;/h2-7H2,1H3;. The van der Waals surface area contributed by atoms with E-state index in [-0.39, 0.29) is 22.9 Å². The second-order valence-corrected chi connectivity index (χ2v) is 3.42. The molecule has 0 fully saturated rings. The minimum absolute atomic E-state index is 0. The van der Waals surface area contributed by atoms with Crippen LogP contribution in [0.15, 0.2) is 0 Å². The fourth-order valence-corrected chi connectivity index (χ4v) is 1.09. The van der Waals surface area contributed by atoms with Crippen molar-refractivity contribution in [2.75, 3.05) is 0 Å². The van der Waals surface area contributed by atoms with Crippen molar-refractivity contribution in [3.05, 3.63) is 0 Å². The predicted octanol–water partition coefficient (Wildman–Crippen LogP) is 2.98. The van der Waals surface area contributed by atoms with Gasteiger partial charge in [-0.1, -0.05) is 32.6 Å². The summed E-state index contributed by atoms with van der Waals surface area (Å²) in [6.45, 7) is 2.02. The molecule has 17 heavy (non-hydrogen) atoms. The molecule has 0 aromatic carbocycles. The van der Waals surface area contributed by atoms with E-state index in [0.29, 0.717) is 6.42 Å². The fourth-order valence-electron chi connectivity index (χ4n) is 1.09. The van der Waals surface area contributed by atoms with Crippen LogP contribution in [-0.2, 0) is 30.8 Å². The van der Waals surface area contributed by atoms with Crippen molar-refractivity contribution in [3.8, 4) is 0 Å². The van der Waals surface area contributed by atoms with Crippen molar-refractivity contribution in [1.29, 1.82) is 0 Å². The van der Waals surface area contributed by atoms with E-state index in [4.69, 9.17) is 0 Å². The zero-order valence-corrected chi connectivity index (χ0v) is 10.4. The zero-order valence-electron chi connectivity index (χ0n) is 9.42. The molecule has 0 aromatic heterocycles. The number of ether oxygens (including phenoxy) is 1. The maximum atomic E-state index is 11.7. The molecule has 0 bridgehead atoms. The zero-order chi connectivity index (χ0) is 12.6. The molecule has 0 heterocycles. The molecule has 7 heteroatoms. The summed E-state index contributed by atoms with van der Waals surface area (Å²) in [5.41, 5.74) is 0. The minimum Gasteiger partial charge on any atom is -0.386 e. The predicted molar refractivity (Wildman–Crippen MR) is 50.5 cm³/mol. The van der Waals surface area contributed by atoms with Crippen LogP contribution in [0.1, 0.15) is 45.4 Å². The first-order chi connectivity index (χ1) is 7.38. The van der Waals surface area contributed by atoms with E-state index in [1.165, 1.54) is 0 Å². The van der Waals surface area contributed by atoms with Crippen molar-refractivity contribution < 1.29 is 44.0 Å². The molecule has 0 saturated heterocycles. The Hall–Kier alpha value is -0.576. The van der Waals surface area contributed by atoms with Gasteiger partial charge >= 0.3 is 18.1 Å². The molecule has 3 nitrogen and oxygen atoms in total. The third kappa shape index (κ3) is 10.3. The van der Waals surface area contributed by atoms with Crippen molar-refractivity contribution >= 4 is 11.9 Å². The van der Waals surface area contributed by atoms with Gasteiger partial charge in [0, 0.05) is 22.9 Å².